The van der Waals surface area contributed by atoms with E-state index >= 15 is 0 Å². The number of nitrogens with zero attached hydrogens (tertiary/aromatic N) is 4. The number of nitrogens with one attached hydrogen (secondary N) is 2. The van der Waals surface area contributed by atoms with Gasteiger partial charge in [-0.2, -0.15) is 8.78 Å². The Labute approximate surface area is 160 Å². The SMILES string of the molecule is CCNC(=NCc1cc(Cl)ccc1OC(F)F)NCc1nnc2n1CCC2. The molecule has 0 amide bonds. The highest BCUT2D eigenvalue weighted by atomic mass is 35.5. The zero-order valence-electron chi connectivity index (χ0n) is 14.9. The van der Waals surface area contributed by atoms with E-state index in [0.717, 1.165) is 31.0 Å². The summed E-state index contributed by atoms with van der Waals surface area (Å²) in [6.07, 6.45) is 2.02. The van der Waals surface area contributed by atoms with Crippen LogP contribution in [0.2, 0.25) is 5.02 Å². The molecule has 1 aromatic heterocycles. The van der Waals surface area contributed by atoms with Gasteiger partial charge in [0.15, 0.2) is 11.8 Å². The minimum Gasteiger partial charge on any atom is -0.434 e. The monoisotopic (exact) mass is 398 g/mol. The Balaban J connectivity index is 1.69. The summed E-state index contributed by atoms with van der Waals surface area (Å²) < 4.78 is 31.8. The Kier molecular flexibility index (Phi) is 6.44. The molecular weight excluding hydrogens is 378 g/mol. The van der Waals surface area contributed by atoms with Crippen LogP contribution in [0.1, 0.15) is 30.6 Å². The van der Waals surface area contributed by atoms with E-state index in [4.69, 9.17) is 11.6 Å². The van der Waals surface area contributed by atoms with E-state index in [9.17, 15) is 8.78 Å². The van der Waals surface area contributed by atoms with Crippen molar-refractivity contribution < 1.29 is 13.5 Å². The van der Waals surface area contributed by atoms with Crippen molar-refractivity contribution in [1.82, 2.24) is 25.4 Å². The molecule has 2 N–H and O–H groups in total. The van der Waals surface area contributed by atoms with E-state index in [2.05, 4.69) is 35.1 Å². The van der Waals surface area contributed by atoms with E-state index in [0.29, 0.717) is 29.6 Å². The van der Waals surface area contributed by atoms with Crippen molar-refractivity contribution in [2.75, 3.05) is 6.54 Å². The molecule has 3 rings (SSSR count). The minimum atomic E-state index is -2.91. The van der Waals surface area contributed by atoms with Gasteiger partial charge in [-0.15, -0.1) is 10.2 Å². The number of alkyl halides is 2. The average molecular weight is 399 g/mol. The summed E-state index contributed by atoms with van der Waals surface area (Å²) in [6, 6.07) is 4.48. The predicted molar refractivity (Wildman–Crippen MR) is 98.1 cm³/mol. The molecule has 0 aliphatic carbocycles. The molecule has 0 saturated heterocycles. The number of guanidine groups is 1. The second kappa shape index (κ2) is 8.98. The molecule has 0 unspecified atom stereocenters. The number of ether oxygens (including phenoxy) is 1. The zero-order chi connectivity index (χ0) is 19.2. The van der Waals surface area contributed by atoms with Gasteiger partial charge >= 0.3 is 6.61 Å². The van der Waals surface area contributed by atoms with Gasteiger partial charge in [0.05, 0.1) is 13.1 Å². The Morgan fingerprint density at radius 1 is 1.37 bits per heavy atom. The Bertz CT molecular complexity index is 811. The maximum Gasteiger partial charge on any atom is 0.387 e. The number of rotatable bonds is 7. The standard InChI is InChI=1S/C17H21ClF2N6O/c1-2-21-17(23-10-15-25-24-14-4-3-7-26(14)15)22-9-11-8-12(18)5-6-13(11)27-16(19)20/h5-6,8,16H,2-4,7,9-10H2,1H3,(H2,21,22,23). The van der Waals surface area contributed by atoms with E-state index in [1.54, 1.807) is 6.07 Å². The van der Waals surface area contributed by atoms with Gasteiger partial charge in [-0.05, 0) is 31.5 Å². The van der Waals surface area contributed by atoms with E-state index in [1.807, 2.05) is 6.92 Å². The maximum atomic E-state index is 12.6. The number of fused-ring (bicyclic) bond motifs is 1. The van der Waals surface area contributed by atoms with Crippen molar-refractivity contribution in [3.63, 3.8) is 0 Å². The van der Waals surface area contributed by atoms with Crippen LogP contribution in [0, 0.1) is 0 Å². The van der Waals surface area contributed by atoms with Crippen molar-refractivity contribution in [2.24, 2.45) is 4.99 Å². The first-order chi connectivity index (χ1) is 13.1. The molecule has 1 aliphatic heterocycles. The first-order valence-electron chi connectivity index (χ1n) is 8.73. The van der Waals surface area contributed by atoms with Crippen LogP contribution in [-0.2, 0) is 26.1 Å². The van der Waals surface area contributed by atoms with Crippen LogP contribution in [-0.4, -0.2) is 33.9 Å². The summed E-state index contributed by atoms with van der Waals surface area (Å²) in [6.45, 7) is 1.21. The Morgan fingerprint density at radius 2 is 2.22 bits per heavy atom. The largest absolute Gasteiger partial charge is 0.434 e. The molecule has 0 bridgehead atoms. The van der Waals surface area contributed by atoms with Crippen LogP contribution in [0.4, 0.5) is 8.78 Å². The molecule has 7 nitrogen and oxygen atoms in total. The second-order valence-corrected chi connectivity index (χ2v) is 6.40. The lowest BCUT2D eigenvalue weighted by Crippen LogP contribution is -2.37. The average Bonchev–Trinajstić information content (AvgIpc) is 3.23. The van der Waals surface area contributed by atoms with Crippen molar-refractivity contribution in [3.05, 3.63) is 40.4 Å². The third kappa shape index (κ3) is 5.06. The molecule has 27 heavy (non-hydrogen) atoms. The van der Waals surface area contributed by atoms with Gasteiger partial charge in [-0.25, -0.2) is 4.99 Å². The maximum absolute atomic E-state index is 12.6. The number of hydrogen-bond acceptors (Lipinski definition) is 4. The molecule has 0 saturated carbocycles. The zero-order valence-corrected chi connectivity index (χ0v) is 15.6. The number of aliphatic imine (C=N–C) groups is 1. The summed E-state index contributed by atoms with van der Waals surface area (Å²) in [5.74, 6) is 2.44. The van der Waals surface area contributed by atoms with Gasteiger partial charge in [0.1, 0.15) is 11.6 Å². The van der Waals surface area contributed by atoms with Crippen LogP contribution in [0.25, 0.3) is 0 Å². The third-order valence-corrected chi connectivity index (χ3v) is 4.33. The Morgan fingerprint density at radius 3 is 3.00 bits per heavy atom. The second-order valence-electron chi connectivity index (χ2n) is 5.97. The highest BCUT2D eigenvalue weighted by Gasteiger charge is 2.17. The number of aromatic nitrogens is 3. The van der Waals surface area contributed by atoms with Crippen LogP contribution in [0.15, 0.2) is 23.2 Å². The third-order valence-electron chi connectivity index (χ3n) is 4.09. The van der Waals surface area contributed by atoms with E-state index in [1.165, 1.54) is 12.1 Å². The van der Waals surface area contributed by atoms with Crippen LogP contribution in [0.5, 0.6) is 5.75 Å². The van der Waals surface area contributed by atoms with E-state index < -0.39 is 6.61 Å². The highest BCUT2D eigenvalue weighted by molar-refractivity contribution is 6.30. The van der Waals surface area contributed by atoms with Crippen LogP contribution >= 0.6 is 11.6 Å². The molecule has 0 atom stereocenters. The first-order valence-corrected chi connectivity index (χ1v) is 9.11. The summed E-state index contributed by atoms with van der Waals surface area (Å²) in [5.41, 5.74) is 0.475. The lowest BCUT2D eigenvalue weighted by Gasteiger charge is -2.13. The van der Waals surface area contributed by atoms with Gasteiger partial charge < -0.3 is 19.9 Å². The minimum absolute atomic E-state index is 0.0595. The summed E-state index contributed by atoms with van der Waals surface area (Å²) >= 11 is 5.97. The Hall–Kier alpha value is -2.42. The summed E-state index contributed by atoms with van der Waals surface area (Å²) in [5, 5.41) is 15.1. The van der Waals surface area contributed by atoms with E-state index in [-0.39, 0.29) is 12.3 Å². The first kappa shape index (κ1) is 19.3. The fourth-order valence-corrected chi connectivity index (χ4v) is 3.09. The molecule has 0 fully saturated rings. The molecule has 10 heteroatoms. The molecule has 1 aromatic carbocycles. The lowest BCUT2D eigenvalue weighted by atomic mass is 10.2. The van der Waals surface area contributed by atoms with Crippen molar-refractivity contribution in [2.45, 2.75) is 46.0 Å². The van der Waals surface area contributed by atoms with Gasteiger partial charge in [0.25, 0.3) is 0 Å². The number of aryl methyl sites for hydroxylation is 1. The highest BCUT2D eigenvalue weighted by Crippen LogP contribution is 2.25. The van der Waals surface area contributed by atoms with Crippen molar-refractivity contribution in [3.8, 4) is 5.75 Å². The predicted octanol–water partition coefficient (Wildman–Crippen LogP) is 2.73. The molecule has 2 aromatic rings. The quantitative estimate of drug-likeness (QED) is 0.554. The normalized spacial score (nSPS) is 13.7. The molecule has 1 aliphatic rings. The fourth-order valence-electron chi connectivity index (χ4n) is 2.89. The number of halogens is 3. The van der Waals surface area contributed by atoms with Gasteiger partial charge in [-0.1, -0.05) is 11.6 Å². The summed E-state index contributed by atoms with van der Waals surface area (Å²) in [4.78, 5) is 4.44. The lowest BCUT2D eigenvalue weighted by molar-refractivity contribution is -0.0504. The van der Waals surface area contributed by atoms with Gasteiger partial charge in [-0.3, -0.25) is 0 Å². The van der Waals surface area contributed by atoms with Crippen molar-refractivity contribution in [1.29, 1.82) is 0 Å². The molecular formula is C17H21ClF2N6O. The molecule has 146 valence electrons. The topological polar surface area (TPSA) is 76.4 Å². The molecule has 0 spiro atoms. The van der Waals surface area contributed by atoms with Gasteiger partial charge in [0, 0.05) is 30.1 Å². The fraction of sp³-hybridized carbons (Fsp3) is 0.471. The van der Waals surface area contributed by atoms with Crippen LogP contribution in [0.3, 0.4) is 0 Å². The van der Waals surface area contributed by atoms with Crippen LogP contribution < -0.4 is 15.4 Å². The molecule has 0 radical (unpaired) electrons. The number of hydrogen-bond donors (Lipinski definition) is 2. The summed E-state index contributed by atoms with van der Waals surface area (Å²) in [7, 11) is 0. The molecule has 2 heterocycles. The smallest absolute Gasteiger partial charge is 0.387 e. The van der Waals surface area contributed by atoms with Gasteiger partial charge in [0.2, 0.25) is 0 Å². The van der Waals surface area contributed by atoms with Crippen molar-refractivity contribution >= 4 is 17.6 Å². The number of benzene rings is 1.